The molecule has 0 fully saturated rings. The lowest BCUT2D eigenvalue weighted by Gasteiger charge is -2.11. The van der Waals surface area contributed by atoms with Gasteiger partial charge in [-0.25, -0.2) is 13.1 Å². The third kappa shape index (κ3) is 4.97. The molecular weight excluding hydrogens is 331 g/mol. The van der Waals surface area contributed by atoms with Crippen LogP contribution >= 0.6 is 0 Å². The topological polar surface area (TPSA) is 55.4 Å². The van der Waals surface area contributed by atoms with Crippen LogP contribution in [0.4, 0.5) is 13.2 Å². The second-order valence-corrected chi connectivity index (χ2v) is 6.35. The van der Waals surface area contributed by atoms with Crippen LogP contribution in [0.1, 0.15) is 5.56 Å². The largest absolute Gasteiger partial charge is 0.492 e. The Bertz CT molecular complexity index is 746. The Hall–Kier alpha value is -2.06. The van der Waals surface area contributed by atoms with Gasteiger partial charge in [-0.05, 0) is 30.3 Å². The van der Waals surface area contributed by atoms with Crippen molar-refractivity contribution < 1.29 is 26.3 Å². The lowest BCUT2D eigenvalue weighted by Crippen LogP contribution is -2.28. The molecule has 23 heavy (non-hydrogen) atoms. The Kier molecular flexibility index (Phi) is 5.27. The van der Waals surface area contributed by atoms with Gasteiger partial charge in [0.2, 0.25) is 10.0 Å². The maximum absolute atomic E-state index is 12.6. The summed E-state index contributed by atoms with van der Waals surface area (Å²) in [5.74, 6) is 0.575. The molecule has 4 nitrogen and oxygen atoms in total. The number of para-hydroxylation sites is 1. The number of hydrogen-bond acceptors (Lipinski definition) is 3. The highest BCUT2D eigenvalue weighted by molar-refractivity contribution is 7.89. The number of ether oxygens (including phenoxy) is 1. The summed E-state index contributed by atoms with van der Waals surface area (Å²) in [4.78, 5) is -0.438. The summed E-state index contributed by atoms with van der Waals surface area (Å²) in [5, 5.41) is 0. The van der Waals surface area contributed by atoms with Crippen LogP contribution in [0.3, 0.4) is 0 Å². The minimum absolute atomic E-state index is 0.0577. The van der Waals surface area contributed by atoms with Crippen molar-refractivity contribution in [3.63, 3.8) is 0 Å². The van der Waals surface area contributed by atoms with Crippen LogP contribution in [-0.4, -0.2) is 21.6 Å². The maximum atomic E-state index is 12.6. The molecule has 0 saturated heterocycles. The monoisotopic (exact) mass is 345 g/mol. The summed E-state index contributed by atoms with van der Waals surface area (Å²) in [6.07, 6.45) is -4.60. The summed E-state index contributed by atoms with van der Waals surface area (Å²) < 4.78 is 69.3. The van der Waals surface area contributed by atoms with E-state index in [0.717, 1.165) is 18.2 Å². The van der Waals surface area contributed by atoms with Gasteiger partial charge in [-0.1, -0.05) is 24.3 Å². The van der Waals surface area contributed by atoms with Crippen molar-refractivity contribution >= 4 is 10.0 Å². The Morgan fingerprint density at radius 1 is 1.00 bits per heavy atom. The van der Waals surface area contributed by atoms with E-state index in [1.54, 1.807) is 24.3 Å². The van der Waals surface area contributed by atoms with Crippen LogP contribution in [0.2, 0.25) is 0 Å². The van der Waals surface area contributed by atoms with Crippen LogP contribution in [0.25, 0.3) is 0 Å². The first-order valence-corrected chi connectivity index (χ1v) is 8.12. The van der Waals surface area contributed by atoms with E-state index in [9.17, 15) is 21.6 Å². The highest BCUT2D eigenvalue weighted by atomic mass is 32.2. The van der Waals surface area contributed by atoms with Gasteiger partial charge in [-0.2, -0.15) is 13.2 Å². The van der Waals surface area contributed by atoms with E-state index in [4.69, 9.17) is 4.74 Å². The molecule has 8 heteroatoms. The van der Waals surface area contributed by atoms with Crippen molar-refractivity contribution in [2.24, 2.45) is 0 Å². The van der Waals surface area contributed by atoms with E-state index >= 15 is 0 Å². The lowest BCUT2D eigenvalue weighted by molar-refractivity contribution is -0.137. The summed E-state index contributed by atoms with van der Waals surface area (Å²) in [6.45, 7) is -0.00429. The molecule has 124 valence electrons. The predicted octanol–water partition coefficient (Wildman–Crippen LogP) is 3.06. The predicted molar refractivity (Wildman–Crippen MR) is 78.6 cm³/mol. The summed E-state index contributed by atoms with van der Waals surface area (Å²) >= 11 is 0. The molecule has 0 bridgehead atoms. The molecular formula is C15H14F3NO3S. The number of alkyl halides is 3. The first kappa shape index (κ1) is 17.3. The van der Waals surface area contributed by atoms with Crippen LogP contribution in [0.5, 0.6) is 5.75 Å². The van der Waals surface area contributed by atoms with Crippen LogP contribution in [0, 0.1) is 0 Å². The van der Waals surface area contributed by atoms with Crippen molar-refractivity contribution in [3.8, 4) is 5.75 Å². The molecule has 0 radical (unpaired) electrons. The third-order valence-electron chi connectivity index (χ3n) is 2.88. The number of sulfonamides is 1. The van der Waals surface area contributed by atoms with E-state index in [2.05, 4.69) is 4.72 Å². The Balaban J connectivity index is 1.97. The van der Waals surface area contributed by atoms with E-state index < -0.39 is 26.7 Å². The van der Waals surface area contributed by atoms with Crippen molar-refractivity contribution in [3.05, 3.63) is 60.2 Å². The van der Waals surface area contributed by atoms with E-state index in [1.807, 2.05) is 6.07 Å². The van der Waals surface area contributed by atoms with Crippen LogP contribution in [-0.2, 0) is 16.2 Å². The highest BCUT2D eigenvalue weighted by Crippen LogP contribution is 2.30. The summed E-state index contributed by atoms with van der Waals surface area (Å²) in [7, 11) is -4.03. The molecule has 2 rings (SSSR count). The Labute approximate surface area is 132 Å². The van der Waals surface area contributed by atoms with E-state index in [-0.39, 0.29) is 13.2 Å². The van der Waals surface area contributed by atoms with Crippen molar-refractivity contribution in [2.75, 3.05) is 13.2 Å². The number of hydrogen-bond donors (Lipinski definition) is 1. The molecule has 0 amide bonds. The molecule has 0 heterocycles. The quantitative estimate of drug-likeness (QED) is 0.819. The molecule has 0 unspecified atom stereocenters. The van der Waals surface area contributed by atoms with Crippen molar-refractivity contribution in [1.82, 2.24) is 4.72 Å². The van der Waals surface area contributed by atoms with Gasteiger partial charge in [0, 0.05) is 6.54 Å². The summed E-state index contributed by atoms with van der Waals surface area (Å²) in [5.41, 5.74) is -1.01. The average molecular weight is 345 g/mol. The first-order chi connectivity index (χ1) is 10.8. The average Bonchev–Trinajstić information content (AvgIpc) is 2.52. The molecule has 0 spiro atoms. The number of nitrogens with one attached hydrogen (secondary N) is 1. The van der Waals surface area contributed by atoms with Gasteiger partial charge in [-0.3, -0.25) is 0 Å². The molecule has 0 aliphatic heterocycles. The minimum Gasteiger partial charge on any atom is -0.492 e. The number of rotatable bonds is 6. The summed E-state index contributed by atoms with van der Waals surface area (Å²) in [6, 6.07) is 12.3. The smallest absolute Gasteiger partial charge is 0.416 e. The molecule has 0 aliphatic rings. The second-order valence-electron chi connectivity index (χ2n) is 4.58. The van der Waals surface area contributed by atoms with Gasteiger partial charge in [-0.15, -0.1) is 0 Å². The molecule has 0 atom stereocenters. The molecule has 0 aliphatic carbocycles. The fraction of sp³-hybridized carbons (Fsp3) is 0.200. The Morgan fingerprint density at radius 2 is 1.70 bits per heavy atom. The van der Waals surface area contributed by atoms with Crippen LogP contribution in [0.15, 0.2) is 59.5 Å². The standard InChI is InChI=1S/C15H14F3NO3S/c16-15(17,18)12-5-4-8-14(11-12)23(20,21)19-9-10-22-13-6-2-1-3-7-13/h1-8,11,19H,9-10H2. The SMILES string of the molecule is O=S(=O)(NCCOc1ccccc1)c1cccc(C(F)(F)F)c1. The van der Waals surface area contributed by atoms with Gasteiger partial charge in [0.15, 0.2) is 0 Å². The fourth-order valence-corrected chi connectivity index (χ4v) is 2.84. The van der Waals surface area contributed by atoms with Crippen LogP contribution < -0.4 is 9.46 Å². The molecule has 0 saturated carbocycles. The highest BCUT2D eigenvalue weighted by Gasteiger charge is 2.31. The van der Waals surface area contributed by atoms with Gasteiger partial charge in [0.25, 0.3) is 0 Å². The zero-order chi connectivity index (χ0) is 16.9. The van der Waals surface area contributed by atoms with Gasteiger partial charge in [0.05, 0.1) is 10.5 Å². The Morgan fingerprint density at radius 3 is 2.35 bits per heavy atom. The van der Waals surface area contributed by atoms with E-state index in [0.29, 0.717) is 11.8 Å². The molecule has 2 aromatic carbocycles. The fourth-order valence-electron chi connectivity index (χ4n) is 1.78. The molecule has 1 N–H and O–H groups in total. The van der Waals surface area contributed by atoms with E-state index in [1.165, 1.54) is 0 Å². The zero-order valence-corrected chi connectivity index (χ0v) is 12.7. The van der Waals surface area contributed by atoms with Crippen molar-refractivity contribution in [2.45, 2.75) is 11.1 Å². The molecule has 0 aromatic heterocycles. The third-order valence-corrected chi connectivity index (χ3v) is 4.34. The lowest BCUT2D eigenvalue weighted by atomic mass is 10.2. The maximum Gasteiger partial charge on any atom is 0.416 e. The second kappa shape index (κ2) is 7.01. The number of halogens is 3. The van der Waals surface area contributed by atoms with Gasteiger partial charge < -0.3 is 4.74 Å². The van der Waals surface area contributed by atoms with Crippen molar-refractivity contribution in [1.29, 1.82) is 0 Å². The zero-order valence-electron chi connectivity index (χ0n) is 11.9. The first-order valence-electron chi connectivity index (χ1n) is 6.64. The number of benzene rings is 2. The van der Waals surface area contributed by atoms with Gasteiger partial charge in [0.1, 0.15) is 12.4 Å². The normalized spacial score (nSPS) is 12.1. The van der Waals surface area contributed by atoms with Gasteiger partial charge >= 0.3 is 6.18 Å². The minimum atomic E-state index is -4.60. The molecule has 2 aromatic rings.